The van der Waals surface area contributed by atoms with Crippen LogP contribution in [0.2, 0.25) is 0 Å². The number of hydrogen-bond acceptors (Lipinski definition) is 5. The zero-order valence-corrected chi connectivity index (χ0v) is 15.8. The largest absolute Gasteiger partial charge is 0.497 e. The molecule has 1 saturated heterocycles. The number of piperidine rings is 1. The van der Waals surface area contributed by atoms with Gasteiger partial charge in [0.1, 0.15) is 11.6 Å². The van der Waals surface area contributed by atoms with Crippen molar-refractivity contribution in [1.82, 2.24) is 14.9 Å². The molecule has 6 nitrogen and oxygen atoms in total. The summed E-state index contributed by atoms with van der Waals surface area (Å²) in [6, 6.07) is 9.26. The topological polar surface area (TPSA) is 75.3 Å². The number of carbonyl (C=O) groups excluding carboxylic acids is 1. The number of benzene rings is 1. The number of thioether (sulfide) groups is 1. The number of carbonyl (C=O) groups is 1. The van der Waals surface area contributed by atoms with Gasteiger partial charge in [-0.2, -0.15) is 0 Å². The van der Waals surface area contributed by atoms with Crippen LogP contribution in [-0.4, -0.2) is 46.7 Å². The highest BCUT2D eigenvalue weighted by atomic mass is 32.2. The van der Waals surface area contributed by atoms with Gasteiger partial charge < -0.3 is 14.6 Å². The van der Waals surface area contributed by atoms with Crippen molar-refractivity contribution in [3.8, 4) is 5.75 Å². The van der Waals surface area contributed by atoms with E-state index in [4.69, 9.17) is 4.74 Å². The van der Waals surface area contributed by atoms with Crippen LogP contribution in [0.1, 0.15) is 30.3 Å². The number of H-pyrrole nitrogens is 1. The van der Waals surface area contributed by atoms with Gasteiger partial charge in [0.2, 0.25) is 5.91 Å². The van der Waals surface area contributed by atoms with Gasteiger partial charge in [0.05, 0.1) is 18.6 Å². The van der Waals surface area contributed by atoms with Crippen LogP contribution < -0.4 is 10.3 Å². The van der Waals surface area contributed by atoms with E-state index in [1.54, 1.807) is 20.1 Å². The molecule has 0 unspecified atom stereocenters. The minimum absolute atomic E-state index is 0.115. The fourth-order valence-electron chi connectivity index (χ4n) is 3.18. The maximum Gasteiger partial charge on any atom is 0.251 e. The Hall–Kier alpha value is -2.28. The van der Waals surface area contributed by atoms with Gasteiger partial charge in [0.25, 0.3) is 5.56 Å². The van der Waals surface area contributed by atoms with Gasteiger partial charge in [-0.05, 0) is 38.0 Å². The average Bonchev–Trinajstić information content (AvgIpc) is 2.65. The third kappa shape index (κ3) is 4.66. The summed E-state index contributed by atoms with van der Waals surface area (Å²) in [7, 11) is 1.63. The number of aromatic nitrogens is 2. The van der Waals surface area contributed by atoms with Crippen LogP contribution in [0, 0.1) is 6.92 Å². The second-order valence-electron chi connectivity index (χ2n) is 6.40. The fraction of sp³-hybridized carbons (Fsp3) is 0.421. The molecule has 1 atom stereocenters. The van der Waals surface area contributed by atoms with Crippen molar-refractivity contribution in [1.29, 1.82) is 0 Å². The van der Waals surface area contributed by atoms with E-state index in [0.29, 0.717) is 18.1 Å². The molecule has 26 heavy (non-hydrogen) atoms. The lowest BCUT2D eigenvalue weighted by Gasteiger charge is -2.32. The normalized spacial score (nSPS) is 17.2. The van der Waals surface area contributed by atoms with E-state index < -0.39 is 0 Å². The van der Waals surface area contributed by atoms with Crippen LogP contribution >= 0.6 is 11.8 Å². The molecule has 1 amide bonds. The van der Waals surface area contributed by atoms with E-state index in [0.717, 1.165) is 35.7 Å². The second kappa shape index (κ2) is 8.40. The Morgan fingerprint density at radius 1 is 1.42 bits per heavy atom. The van der Waals surface area contributed by atoms with E-state index in [9.17, 15) is 9.59 Å². The molecule has 138 valence electrons. The number of nitrogens with zero attached hydrogens (tertiary/aromatic N) is 2. The number of rotatable bonds is 5. The maximum absolute atomic E-state index is 12.6. The first-order chi connectivity index (χ1) is 12.5. The summed E-state index contributed by atoms with van der Waals surface area (Å²) in [5, 5.41) is 0. The monoisotopic (exact) mass is 373 g/mol. The molecule has 2 heterocycles. The summed E-state index contributed by atoms with van der Waals surface area (Å²) in [5.41, 5.74) is 0.647. The number of ether oxygens (including phenoxy) is 1. The van der Waals surface area contributed by atoms with E-state index in [1.165, 1.54) is 11.8 Å². The van der Waals surface area contributed by atoms with E-state index >= 15 is 0 Å². The van der Waals surface area contributed by atoms with Gasteiger partial charge in [0, 0.05) is 30.0 Å². The Morgan fingerprint density at radius 2 is 2.27 bits per heavy atom. The molecule has 0 saturated carbocycles. The fourth-order valence-corrected chi connectivity index (χ4v) is 4.03. The quantitative estimate of drug-likeness (QED) is 0.816. The summed E-state index contributed by atoms with van der Waals surface area (Å²) in [4.78, 5) is 34.3. The molecule has 1 N–H and O–H groups in total. The molecule has 1 aliphatic heterocycles. The molecule has 0 radical (unpaired) electrons. The van der Waals surface area contributed by atoms with Crippen LogP contribution in [0.4, 0.5) is 0 Å². The first-order valence-electron chi connectivity index (χ1n) is 8.67. The van der Waals surface area contributed by atoms with Crippen molar-refractivity contribution in [2.24, 2.45) is 0 Å². The standard InChI is InChI=1S/C19H23N3O3S/c1-13-20-17(10-18(23)21-13)14-5-4-8-22(11-14)19(24)12-26-16-7-3-6-15(9-16)25-2/h3,6-7,9-10,14H,4-5,8,11-12H2,1-2H3,(H,20,21,23)/t14-/m1/s1. The third-order valence-corrected chi connectivity index (χ3v) is 5.45. The molecule has 0 spiro atoms. The summed E-state index contributed by atoms with van der Waals surface area (Å²) in [6.45, 7) is 3.16. The predicted molar refractivity (Wildman–Crippen MR) is 102 cm³/mol. The van der Waals surface area contributed by atoms with Crippen LogP contribution in [0.25, 0.3) is 0 Å². The number of aryl methyl sites for hydroxylation is 1. The molecule has 1 aromatic carbocycles. The van der Waals surface area contributed by atoms with Crippen LogP contribution in [0.15, 0.2) is 40.0 Å². The Bertz CT molecular complexity index is 837. The Morgan fingerprint density at radius 3 is 3.04 bits per heavy atom. The van der Waals surface area contributed by atoms with Crippen LogP contribution in [0.5, 0.6) is 5.75 Å². The van der Waals surface area contributed by atoms with Crippen LogP contribution in [0.3, 0.4) is 0 Å². The second-order valence-corrected chi connectivity index (χ2v) is 7.45. The SMILES string of the molecule is COc1cccc(SCC(=O)N2CCC[C@@H](c3cc(=O)[nH]c(C)n3)C2)c1. The summed E-state index contributed by atoms with van der Waals surface area (Å²) in [6.07, 6.45) is 1.87. The Kier molecular flexibility index (Phi) is 5.98. The zero-order chi connectivity index (χ0) is 18.5. The Balaban J connectivity index is 1.61. The highest BCUT2D eigenvalue weighted by Gasteiger charge is 2.26. The number of likely N-dealkylation sites (tertiary alicyclic amines) is 1. The maximum atomic E-state index is 12.6. The smallest absolute Gasteiger partial charge is 0.251 e. The van der Waals surface area contributed by atoms with Gasteiger partial charge in [-0.1, -0.05) is 6.07 Å². The number of methoxy groups -OCH3 is 1. The summed E-state index contributed by atoms with van der Waals surface area (Å²) >= 11 is 1.51. The van der Waals surface area contributed by atoms with Crippen molar-refractivity contribution in [2.75, 3.05) is 26.0 Å². The molecule has 7 heteroatoms. The summed E-state index contributed by atoms with van der Waals surface area (Å²) in [5.74, 6) is 2.03. The van der Waals surface area contributed by atoms with Gasteiger partial charge in [-0.25, -0.2) is 4.98 Å². The lowest BCUT2D eigenvalue weighted by Crippen LogP contribution is -2.40. The molecule has 0 bridgehead atoms. The summed E-state index contributed by atoms with van der Waals surface area (Å²) < 4.78 is 5.22. The van der Waals surface area contributed by atoms with Gasteiger partial charge in [0.15, 0.2) is 0 Å². The van der Waals surface area contributed by atoms with E-state index in [-0.39, 0.29) is 17.4 Å². The minimum Gasteiger partial charge on any atom is -0.497 e. The van der Waals surface area contributed by atoms with Crippen molar-refractivity contribution in [3.05, 3.63) is 52.2 Å². The van der Waals surface area contributed by atoms with Gasteiger partial charge >= 0.3 is 0 Å². The molecule has 2 aromatic rings. The van der Waals surface area contributed by atoms with Crippen molar-refractivity contribution in [2.45, 2.75) is 30.6 Å². The molecule has 1 aromatic heterocycles. The lowest BCUT2D eigenvalue weighted by molar-refractivity contribution is -0.129. The molecular weight excluding hydrogens is 350 g/mol. The molecule has 3 rings (SSSR count). The number of hydrogen-bond donors (Lipinski definition) is 1. The molecule has 1 fully saturated rings. The van der Waals surface area contributed by atoms with Crippen molar-refractivity contribution >= 4 is 17.7 Å². The molecule has 0 aliphatic carbocycles. The number of amides is 1. The first kappa shape index (κ1) is 18.5. The third-order valence-electron chi connectivity index (χ3n) is 4.48. The number of nitrogens with one attached hydrogen (secondary N) is 1. The lowest BCUT2D eigenvalue weighted by atomic mass is 9.94. The zero-order valence-electron chi connectivity index (χ0n) is 15.0. The predicted octanol–water partition coefficient (Wildman–Crippen LogP) is 2.59. The first-order valence-corrected chi connectivity index (χ1v) is 9.66. The van der Waals surface area contributed by atoms with E-state index in [2.05, 4.69) is 9.97 Å². The Labute approximate surface area is 157 Å². The van der Waals surface area contributed by atoms with Gasteiger partial charge in [-0.3, -0.25) is 9.59 Å². The average molecular weight is 373 g/mol. The van der Waals surface area contributed by atoms with E-state index in [1.807, 2.05) is 29.2 Å². The highest BCUT2D eigenvalue weighted by molar-refractivity contribution is 8.00. The van der Waals surface area contributed by atoms with Crippen molar-refractivity contribution < 1.29 is 9.53 Å². The van der Waals surface area contributed by atoms with Crippen molar-refractivity contribution in [3.63, 3.8) is 0 Å². The molecular formula is C19H23N3O3S. The van der Waals surface area contributed by atoms with Gasteiger partial charge in [-0.15, -0.1) is 11.8 Å². The minimum atomic E-state index is -0.135. The highest BCUT2D eigenvalue weighted by Crippen LogP contribution is 2.27. The molecule has 1 aliphatic rings. The van der Waals surface area contributed by atoms with Crippen LogP contribution in [-0.2, 0) is 4.79 Å². The number of aromatic amines is 1.